The van der Waals surface area contributed by atoms with E-state index in [9.17, 15) is 5.11 Å². The van der Waals surface area contributed by atoms with Crippen molar-refractivity contribution in [2.45, 2.75) is 18.9 Å². The number of aromatic hydroxyl groups is 1. The number of nitrogens with zero attached hydrogens (tertiary/aromatic N) is 2. The first-order valence-electron chi connectivity index (χ1n) is 6.25. The van der Waals surface area contributed by atoms with Crippen molar-refractivity contribution >= 4 is 0 Å². The Morgan fingerprint density at radius 2 is 2.39 bits per heavy atom. The molecule has 1 aliphatic heterocycles. The van der Waals surface area contributed by atoms with Crippen LogP contribution in [0.4, 0.5) is 0 Å². The Kier molecular flexibility index (Phi) is 2.80. The molecule has 1 aromatic heterocycles. The summed E-state index contributed by atoms with van der Waals surface area (Å²) in [6.45, 7) is 0.989. The van der Waals surface area contributed by atoms with Gasteiger partial charge < -0.3 is 10.4 Å². The van der Waals surface area contributed by atoms with Gasteiger partial charge in [-0.2, -0.15) is 5.10 Å². The van der Waals surface area contributed by atoms with Crippen LogP contribution in [-0.2, 0) is 19.9 Å². The molecule has 4 nitrogen and oxygen atoms in total. The van der Waals surface area contributed by atoms with Gasteiger partial charge in [-0.1, -0.05) is 6.07 Å². The molecule has 0 radical (unpaired) electrons. The van der Waals surface area contributed by atoms with Crippen LogP contribution in [0.25, 0.3) is 0 Å². The van der Waals surface area contributed by atoms with Crippen molar-refractivity contribution in [2.24, 2.45) is 7.05 Å². The Bertz CT molecular complexity index is 562. The van der Waals surface area contributed by atoms with Gasteiger partial charge in [-0.05, 0) is 48.2 Å². The molecule has 3 rings (SSSR count). The van der Waals surface area contributed by atoms with E-state index in [0.29, 0.717) is 5.75 Å². The minimum Gasteiger partial charge on any atom is -0.508 e. The molecule has 0 bridgehead atoms. The van der Waals surface area contributed by atoms with Crippen LogP contribution in [0.3, 0.4) is 0 Å². The highest BCUT2D eigenvalue weighted by atomic mass is 16.3. The van der Waals surface area contributed by atoms with Crippen molar-refractivity contribution in [2.75, 3.05) is 6.54 Å². The Balaban J connectivity index is 1.88. The minimum atomic E-state index is 0.269. The first kappa shape index (κ1) is 11.3. The van der Waals surface area contributed by atoms with Gasteiger partial charge in [0.25, 0.3) is 0 Å². The molecule has 0 saturated heterocycles. The summed E-state index contributed by atoms with van der Waals surface area (Å²) in [5.41, 5.74) is 3.76. The molecule has 0 saturated carbocycles. The number of rotatable bonds is 2. The van der Waals surface area contributed by atoms with Crippen LogP contribution in [0.1, 0.15) is 22.7 Å². The molecule has 1 unspecified atom stereocenters. The number of aromatic nitrogens is 2. The second-order valence-corrected chi connectivity index (χ2v) is 4.87. The summed E-state index contributed by atoms with van der Waals surface area (Å²) in [5, 5.41) is 17.3. The third-order valence-electron chi connectivity index (χ3n) is 3.49. The lowest BCUT2D eigenvalue weighted by atomic mass is 9.91. The lowest BCUT2D eigenvalue weighted by Crippen LogP contribution is -2.31. The molecule has 94 valence electrons. The number of benzene rings is 1. The summed E-state index contributed by atoms with van der Waals surface area (Å²) in [6, 6.07) is 5.94. The fourth-order valence-electron chi connectivity index (χ4n) is 2.62. The van der Waals surface area contributed by atoms with Crippen LogP contribution in [-0.4, -0.2) is 21.4 Å². The number of phenolic OH excluding ortho intramolecular Hbond substituents is 1. The highest BCUT2D eigenvalue weighted by Crippen LogP contribution is 2.28. The van der Waals surface area contributed by atoms with E-state index >= 15 is 0 Å². The van der Waals surface area contributed by atoms with Gasteiger partial charge in [0.05, 0.1) is 6.20 Å². The number of fused-ring (bicyclic) bond motifs is 1. The third-order valence-corrected chi connectivity index (χ3v) is 3.49. The average Bonchev–Trinajstić information content (AvgIpc) is 2.76. The Morgan fingerprint density at radius 1 is 1.50 bits per heavy atom. The van der Waals surface area contributed by atoms with Gasteiger partial charge in [0.15, 0.2) is 0 Å². The minimum absolute atomic E-state index is 0.269. The molecule has 0 spiro atoms. The maximum atomic E-state index is 9.63. The zero-order valence-corrected chi connectivity index (χ0v) is 10.4. The predicted molar refractivity (Wildman–Crippen MR) is 69.5 cm³/mol. The van der Waals surface area contributed by atoms with Gasteiger partial charge in [-0.3, -0.25) is 4.68 Å². The second kappa shape index (κ2) is 4.46. The summed E-state index contributed by atoms with van der Waals surface area (Å²) in [6.07, 6.45) is 5.88. The number of aryl methyl sites for hydroxylation is 1. The predicted octanol–water partition coefficient (Wildman–Crippen LogP) is 1.56. The van der Waals surface area contributed by atoms with Crippen molar-refractivity contribution in [3.8, 4) is 5.75 Å². The molecule has 1 aliphatic rings. The Hall–Kier alpha value is -1.81. The highest BCUT2D eigenvalue weighted by Gasteiger charge is 2.20. The van der Waals surface area contributed by atoms with Crippen LogP contribution < -0.4 is 5.32 Å². The summed E-state index contributed by atoms with van der Waals surface area (Å²) in [4.78, 5) is 0. The molecule has 1 atom stereocenters. The third kappa shape index (κ3) is 2.11. The van der Waals surface area contributed by atoms with E-state index in [1.807, 2.05) is 36.3 Å². The second-order valence-electron chi connectivity index (χ2n) is 4.87. The van der Waals surface area contributed by atoms with Gasteiger partial charge in [-0.25, -0.2) is 0 Å². The number of phenols is 1. The molecule has 0 amide bonds. The molecule has 1 aromatic carbocycles. The maximum absolute atomic E-state index is 9.63. The first-order chi connectivity index (χ1) is 8.72. The molecular formula is C14H17N3O. The van der Waals surface area contributed by atoms with Crippen molar-refractivity contribution in [1.29, 1.82) is 0 Å². The Labute approximate surface area is 106 Å². The molecule has 4 heteroatoms. The monoisotopic (exact) mass is 243 g/mol. The van der Waals surface area contributed by atoms with Crippen LogP contribution in [0.15, 0.2) is 30.6 Å². The highest BCUT2D eigenvalue weighted by molar-refractivity contribution is 5.39. The van der Waals surface area contributed by atoms with Gasteiger partial charge in [0.2, 0.25) is 0 Å². The molecular weight excluding hydrogens is 226 g/mol. The number of hydrogen-bond donors (Lipinski definition) is 2. The molecule has 2 N–H and O–H groups in total. The number of hydrogen-bond acceptors (Lipinski definition) is 3. The molecule has 0 aliphatic carbocycles. The van der Waals surface area contributed by atoms with Crippen LogP contribution in [0, 0.1) is 0 Å². The van der Waals surface area contributed by atoms with Gasteiger partial charge in [0, 0.05) is 19.3 Å². The van der Waals surface area contributed by atoms with Crippen molar-refractivity contribution < 1.29 is 5.11 Å². The zero-order chi connectivity index (χ0) is 12.5. The van der Waals surface area contributed by atoms with Gasteiger partial charge >= 0.3 is 0 Å². The van der Waals surface area contributed by atoms with Gasteiger partial charge in [0.1, 0.15) is 5.75 Å². The first-order valence-corrected chi connectivity index (χ1v) is 6.25. The fraction of sp³-hybridized carbons (Fsp3) is 0.357. The molecule has 2 heterocycles. The average molecular weight is 243 g/mol. The lowest BCUT2D eigenvalue weighted by molar-refractivity contribution is 0.463. The van der Waals surface area contributed by atoms with Crippen LogP contribution in [0.5, 0.6) is 5.75 Å². The molecule has 0 fully saturated rings. The topological polar surface area (TPSA) is 50.1 Å². The van der Waals surface area contributed by atoms with Crippen molar-refractivity contribution in [3.63, 3.8) is 0 Å². The van der Waals surface area contributed by atoms with E-state index < -0.39 is 0 Å². The van der Waals surface area contributed by atoms with E-state index in [2.05, 4.69) is 10.4 Å². The van der Waals surface area contributed by atoms with E-state index in [1.165, 1.54) is 16.7 Å². The zero-order valence-electron chi connectivity index (χ0n) is 10.4. The van der Waals surface area contributed by atoms with E-state index in [0.717, 1.165) is 19.4 Å². The van der Waals surface area contributed by atoms with E-state index in [-0.39, 0.29) is 6.04 Å². The quantitative estimate of drug-likeness (QED) is 0.841. The largest absolute Gasteiger partial charge is 0.508 e. The summed E-state index contributed by atoms with van der Waals surface area (Å²) in [7, 11) is 1.93. The fourth-order valence-corrected chi connectivity index (χ4v) is 2.62. The summed E-state index contributed by atoms with van der Waals surface area (Å²) in [5.74, 6) is 0.341. The normalized spacial score (nSPS) is 18.6. The van der Waals surface area contributed by atoms with Crippen LogP contribution >= 0.6 is 0 Å². The lowest BCUT2D eigenvalue weighted by Gasteiger charge is -2.26. The summed E-state index contributed by atoms with van der Waals surface area (Å²) < 4.78 is 1.82. The van der Waals surface area contributed by atoms with Gasteiger partial charge in [-0.15, -0.1) is 0 Å². The summed E-state index contributed by atoms with van der Waals surface area (Å²) >= 11 is 0. The number of nitrogens with one attached hydrogen (secondary N) is 1. The van der Waals surface area contributed by atoms with Crippen molar-refractivity contribution in [1.82, 2.24) is 15.1 Å². The Morgan fingerprint density at radius 3 is 3.17 bits per heavy atom. The van der Waals surface area contributed by atoms with Crippen molar-refractivity contribution in [3.05, 3.63) is 47.3 Å². The maximum Gasteiger partial charge on any atom is 0.115 e. The smallest absolute Gasteiger partial charge is 0.115 e. The van der Waals surface area contributed by atoms with E-state index in [1.54, 1.807) is 6.07 Å². The van der Waals surface area contributed by atoms with E-state index in [4.69, 9.17) is 0 Å². The molecule has 2 aromatic rings. The standard InChI is InChI=1S/C14H17N3O/c1-17-9-10(8-16-17)6-14-13-7-12(18)3-2-11(13)4-5-15-14/h2-3,7-9,14-15,18H,4-6H2,1H3. The van der Waals surface area contributed by atoms with Crippen LogP contribution in [0.2, 0.25) is 0 Å². The molecule has 18 heavy (non-hydrogen) atoms. The SMILES string of the molecule is Cn1cc(CC2NCCc3ccc(O)cc32)cn1.